The number of aromatic nitrogens is 1. The molecular weight excluding hydrogens is 246 g/mol. The van der Waals surface area contributed by atoms with Gasteiger partial charge in [0.05, 0.1) is 11.5 Å². The normalized spacial score (nSPS) is 10.2. The van der Waals surface area contributed by atoms with E-state index >= 15 is 0 Å². The molecule has 1 aromatic heterocycles. The quantitative estimate of drug-likeness (QED) is 0.634. The van der Waals surface area contributed by atoms with Gasteiger partial charge in [-0.25, -0.2) is 4.98 Å². The molecule has 98 valence electrons. The summed E-state index contributed by atoms with van der Waals surface area (Å²) < 4.78 is 0. The zero-order chi connectivity index (χ0) is 13.7. The van der Waals surface area contributed by atoms with Crippen LogP contribution in [0, 0.1) is 10.1 Å². The molecule has 0 aliphatic heterocycles. The number of hydrogen-bond acceptors (Lipinski definition) is 5. The van der Waals surface area contributed by atoms with E-state index in [0.29, 0.717) is 12.4 Å². The second kappa shape index (κ2) is 5.92. The molecule has 2 rings (SSSR count). The average molecular weight is 259 g/mol. The van der Waals surface area contributed by atoms with Crippen molar-refractivity contribution in [3.63, 3.8) is 0 Å². The smallest absolute Gasteiger partial charge is 0.287 e. The standard InChI is InChI=1S/C13H13N3O3/c17-9-11-3-1-10(2-4-11)7-14-13-6-5-12(8-15-13)16(18)19/h1-6,8,17H,7,9H2,(H,14,15). The molecule has 2 N–H and O–H groups in total. The Balaban J connectivity index is 1.95. The van der Waals surface area contributed by atoms with Crippen LogP contribution in [0.15, 0.2) is 42.6 Å². The number of nitrogens with zero attached hydrogens (tertiary/aromatic N) is 2. The molecule has 0 amide bonds. The van der Waals surface area contributed by atoms with E-state index in [0.717, 1.165) is 11.1 Å². The van der Waals surface area contributed by atoms with Crippen LogP contribution >= 0.6 is 0 Å². The Hall–Kier alpha value is -2.47. The summed E-state index contributed by atoms with van der Waals surface area (Å²) in [5, 5.41) is 22.5. The van der Waals surface area contributed by atoms with E-state index in [1.54, 1.807) is 6.07 Å². The Kier molecular flexibility index (Phi) is 4.04. The molecule has 1 aromatic carbocycles. The first-order chi connectivity index (χ1) is 9.19. The minimum absolute atomic E-state index is 0.0254. The van der Waals surface area contributed by atoms with Crippen LogP contribution in [-0.4, -0.2) is 15.0 Å². The summed E-state index contributed by atoms with van der Waals surface area (Å²) in [6.07, 6.45) is 1.22. The van der Waals surface area contributed by atoms with Gasteiger partial charge in [0, 0.05) is 12.6 Å². The van der Waals surface area contributed by atoms with Crippen molar-refractivity contribution < 1.29 is 10.0 Å². The molecule has 0 aliphatic carbocycles. The number of anilines is 1. The highest BCUT2D eigenvalue weighted by atomic mass is 16.6. The molecular formula is C13H13N3O3. The van der Waals surface area contributed by atoms with Gasteiger partial charge in [0.25, 0.3) is 5.69 Å². The van der Waals surface area contributed by atoms with Crippen LogP contribution < -0.4 is 5.32 Å². The lowest BCUT2D eigenvalue weighted by atomic mass is 10.1. The summed E-state index contributed by atoms with van der Waals surface area (Å²) in [5.74, 6) is 0.580. The number of nitrogens with one attached hydrogen (secondary N) is 1. The van der Waals surface area contributed by atoms with Gasteiger partial charge in [-0.1, -0.05) is 24.3 Å². The third-order valence-corrected chi connectivity index (χ3v) is 2.64. The lowest BCUT2D eigenvalue weighted by Gasteiger charge is -2.06. The highest BCUT2D eigenvalue weighted by Gasteiger charge is 2.04. The minimum Gasteiger partial charge on any atom is -0.392 e. The monoisotopic (exact) mass is 259 g/mol. The topological polar surface area (TPSA) is 88.3 Å². The fourth-order valence-corrected chi connectivity index (χ4v) is 1.55. The van der Waals surface area contributed by atoms with Gasteiger partial charge in [0.2, 0.25) is 0 Å². The summed E-state index contributed by atoms with van der Waals surface area (Å²) in [6, 6.07) is 10.5. The number of rotatable bonds is 5. The third-order valence-electron chi connectivity index (χ3n) is 2.64. The van der Waals surface area contributed by atoms with Crippen molar-refractivity contribution in [1.82, 2.24) is 4.98 Å². The van der Waals surface area contributed by atoms with E-state index in [-0.39, 0.29) is 12.3 Å². The number of pyridine rings is 1. The zero-order valence-electron chi connectivity index (χ0n) is 10.1. The first-order valence-corrected chi connectivity index (χ1v) is 5.72. The molecule has 0 fully saturated rings. The molecule has 0 saturated carbocycles. The fourth-order valence-electron chi connectivity index (χ4n) is 1.55. The summed E-state index contributed by atoms with van der Waals surface area (Å²) in [5.41, 5.74) is 1.87. The van der Waals surface area contributed by atoms with Gasteiger partial charge in [-0.2, -0.15) is 0 Å². The van der Waals surface area contributed by atoms with Crippen molar-refractivity contribution in [3.05, 3.63) is 63.8 Å². The van der Waals surface area contributed by atoms with E-state index in [1.807, 2.05) is 24.3 Å². The molecule has 0 bridgehead atoms. The maximum atomic E-state index is 10.5. The molecule has 19 heavy (non-hydrogen) atoms. The lowest BCUT2D eigenvalue weighted by molar-refractivity contribution is -0.385. The van der Waals surface area contributed by atoms with E-state index in [1.165, 1.54) is 12.3 Å². The lowest BCUT2D eigenvalue weighted by Crippen LogP contribution is -2.01. The summed E-state index contributed by atoms with van der Waals surface area (Å²) in [4.78, 5) is 14.0. The largest absolute Gasteiger partial charge is 0.392 e. The van der Waals surface area contributed by atoms with E-state index in [9.17, 15) is 10.1 Å². The second-order valence-corrected chi connectivity index (χ2v) is 3.99. The summed E-state index contributed by atoms with van der Waals surface area (Å²) in [6.45, 7) is 0.591. The summed E-state index contributed by atoms with van der Waals surface area (Å²) in [7, 11) is 0. The predicted octanol–water partition coefficient (Wildman–Crippen LogP) is 2.09. The summed E-state index contributed by atoms with van der Waals surface area (Å²) >= 11 is 0. The number of nitro groups is 1. The van der Waals surface area contributed by atoms with Crippen LogP contribution in [0.3, 0.4) is 0 Å². The molecule has 0 saturated heterocycles. The Morgan fingerprint density at radius 2 is 1.84 bits per heavy atom. The Morgan fingerprint density at radius 1 is 1.16 bits per heavy atom. The molecule has 0 radical (unpaired) electrons. The molecule has 0 spiro atoms. The number of hydrogen-bond donors (Lipinski definition) is 2. The predicted molar refractivity (Wildman–Crippen MR) is 70.6 cm³/mol. The number of aliphatic hydroxyl groups is 1. The van der Waals surface area contributed by atoms with E-state index in [4.69, 9.17) is 5.11 Å². The van der Waals surface area contributed by atoms with Crippen molar-refractivity contribution >= 4 is 11.5 Å². The molecule has 2 aromatic rings. The van der Waals surface area contributed by atoms with E-state index in [2.05, 4.69) is 10.3 Å². The highest BCUT2D eigenvalue weighted by Crippen LogP contribution is 2.13. The van der Waals surface area contributed by atoms with Crippen LogP contribution in [0.1, 0.15) is 11.1 Å². The number of benzene rings is 1. The fraction of sp³-hybridized carbons (Fsp3) is 0.154. The third kappa shape index (κ3) is 3.49. The van der Waals surface area contributed by atoms with Gasteiger partial charge >= 0.3 is 0 Å². The van der Waals surface area contributed by atoms with Crippen molar-refractivity contribution in [3.8, 4) is 0 Å². The molecule has 6 nitrogen and oxygen atoms in total. The first-order valence-electron chi connectivity index (χ1n) is 5.72. The van der Waals surface area contributed by atoms with Crippen molar-refractivity contribution in [2.45, 2.75) is 13.2 Å². The van der Waals surface area contributed by atoms with Crippen molar-refractivity contribution in [2.24, 2.45) is 0 Å². The highest BCUT2D eigenvalue weighted by molar-refractivity contribution is 5.40. The Morgan fingerprint density at radius 3 is 2.37 bits per heavy atom. The van der Waals surface area contributed by atoms with Crippen LogP contribution in [0.2, 0.25) is 0 Å². The Bertz CT molecular complexity index is 552. The molecule has 0 atom stereocenters. The zero-order valence-corrected chi connectivity index (χ0v) is 10.1. The maximum absolute atomic E-state index is 10.5. The Labute approximate surface area is 109 Å². The number of aliphatic hydroxyl groups excluding tert-OH is 1. The van der Waals surface area contributed by atoms with Crippen LogP contribution in [0.4, 0.5) is 11.5 Å². The van der Waals surface area contributed by atoms with Gasteiger partial charge in [-0.3, -0.25) is 10.1 Å². The van der Waals surface area contributed by atoms with Gasteiger partial charge in [0.1, 0.15) is 12.0 Å². The molecule has 0 unspecified atom stereocenters. The van der Waals surface area contributed by atoms with Crippen LogP contribution in [0.25, 0.3) is 0 Å². The van der Waals surface area contributed by atoms with Gasteiger partial charge < -0.3 is 10.4 Å². The van der Waals surface area contributed by atoms with Gasteiger partial charge in [-0.15, -0.1) is 0 Å². The molecule has 1 heterocycles. The van der Waals surface area contributed by atoms with Gasteiger partial charge in [0.15, 0.2) is 0 Å². The van der Waals surface area contributed by atoms with Gasteiger partial charge in [-0.05, 0) is 17.2 Å². The van der Waals surface area contributed by atoms with Crippen molar-refractivity contribution in [2.75, 3.05) is 5.32 Å². The van der Waals surface area contributed by atoms with E-state index < -0.39 is 4.92 Å². The van der Waals surface area contributed by atoms with Crippen LogP contribution in [0.5, 0.6) is 0 Å². The maximum Gasteiger partial charge on any atom is 0.287 e. The van der Waals surface area contributed by atoms with Crippen molar-refractivity contribution in [1.29, 1.82) is 0 Å². The second-order valence-electron chi connectivity index (χ2n) is 3.99. The molecule has 0 aliphatic rings. The SMILES string of the molecule is O=[N+]([O-])c1ccc(NCc2ccc(CO)cc2)nc1. The minimum atomic E-state index is -0.482. The van der Waals surface area contributed by atoms with Crippen LogP contribution in [-0.2, 0) is 13.2 Å². The molecule has 6 heteroatoms. The first kappa shape index (κ1) is 13.0. The average Bonchev–Trinajstić information content (AvgIpc) is 2.46.